The van der Waals surface area contributed by atoms with Crippen molar-refractivity contribution in [2.24, 2.45) is 10.7 Å². The number of nitrogens with one attached hydrogen (secondary N) is 2. The highest BCUT2D eigenvalue weighted by atomic mass is 35.5. The molecular weight excluding hydrogens is 286 g/mol. The van der Waals surface area contributed by atoms with Gasteiger partial charge in [0.25, 0.3) is 0 Å². The molecular formula is C11H16ClN5OS. The second kappa shape index (κ2) is 7.88. The van der Waals surface area contributed by atoms with Gasteiger partial charge >= 0.3 is 0 Å². The van der Waals surface area contributed by atoms with Gasteiger partial charge in [0.15, 0.2) is 11.1 Å². The van der Waals surface area contributed by atoms with Crippen molar-refractivity contribution in [3.63, 3.8) is 0 Å². The number of nitrogens with zero attached hydrogens (tertiary/aromatic N) is 2. The van der Waals surface area contributed by atoms with E-state index in [1.807, 2.05) is 0 Å². The summed E-state index contributed by atoms with van der Waals surface area (Å²) >= 11 is 11.0. The number of pyridine rings is 1. The highest BCUT2D eigenvalue weighted by molar-refractivity contribution is 7.80. The fourth-order valence-electron chi connectivity index (χ4n) is 1.15. The van der Waals surface area contributed by atoms with Gasteiger partial charge in [-0.25, -0.2) is 4.99 Å². The number of hydrogen-bond donors (Lipinski definition) is 3. The van der Waals surface area contributed by atoms with E-state index in [0.717, 1.165) is 0 Å². The highest BCUT2D eigenvalue weighted by Crippen LogP contribution is 2.11. The average molecular weight is 302 g/mol. The minimum absolute atomic E-state index is 0.180. The van der Waals surface area contributed by atoms with Gasteiger partial charge in [-0.2, -0.15) is 0 Å². The van der Waals surface area contributed by atoms with Crippen LogP contribution in [0.1, 0.15) is 12.6 Å². The first-order valence-electron chi connectivity index (χ1n) is 5.53. The van der Waals surface area contributed by atoms with E-state index in [9.17, 15) is 0 Å². The van der Waals surface area contributed by atoms with Crippen molar-refractivity contribution >= 4 is 34.9 Å². The summed E-state index contributed by atoms with van der Waals surface area (Å²) < 4.78 is 4.95. The molecule has 0 aliphatic rings. The number of nitrogens with two attached hydrogens (primary N) is 1. The maximum atomic E-state index is 5.97. The van der Waals surface area contributed by atoms with E-state index in [4.69, 9.17) is 34.3 Å². The number of halogens is 1. The zero-order chi connectivity index (χ0) is 14.3. The van der Waals surface area contributed by atoms with Crippen LogP contribution in [0.5, 0.6) is 0 Å². The molecule has 6 nitrogen and oxygen atoms in total. The molecule has 0 spiro atoms. The number of guanidine groups is 1. The third-order valence-corrected chi connectivity index (χ3v) is 2.75. The Morgan fingerprint density at radius 1 is 1.68 bits per heavy atom. The van der Waals surface area contributed by atoms with Gasteiger partial charge in [-0.15, -0.1) is 0 Å². The van der Waals surface area contributed by atoms with E-state index in [0.29, 0.717) is 22.4 Å². The Morgan fingerprint density at radius 2 is 2.42 bits per heavy atom. The van der Waals surface area contributed by atoms with Crippen molar-refractivity contribution in [3.05, 3.63) is 29.0 Å². The molecule has 0 fully saturated rings. The molecule has 1 unspecified atom stereocenters. The topological polar surface area (TPSA) is 84.6 Å². The Balaban J connectivity index is 2.44. The quantitative estimate of drug-likeness (QED) is 0.437. The van der Waals surface area contributed by atoms with Crippen LogP contribution in [0.15, 0.2) is 23.3 Å². The molecule has 8 heteroatoms. The lowest BCUT2D eigenvalue weighted by atomic mass is 10.3. The van der Waals surface area contributed by atoms with Gasteiger partial charge in [0, 0.05) is 13.3 Å². The summed E-state index contributed by atoms with van der Waals surface area (Å²) in [7, 11) is 1.54. The van der Waals surface area contributed by atoms with Crippen LogP contribution in [0.2, 0.25) is 5.02 Å². The second-order valence-corrected chi connectivity index (χ2v) is 4.40. The molecule has 0 saturated carbocycles. The monoisotopic (exact) mass is 301 g/mol. The number of ether oxygens (including phenoxy) is 1. The van der Waals surface area contributed by atoms with Crippen LogP contribution in [0.4, 0.5) is 0 Å². The predicted molar refractivity (Wildman–Crippen MR) is 79.9 cm³/mol. The number of aromatic nitrogens is 1. The maximum Gasteiger partial charge on any atom is 0.197 e. The summed E-state index contributed by atoms with van der Waals surface area (Å²) in [5.74, 6) is 0.180. The maximum absolute atomic E-state index is 5.97. The van der Waals surface area contributed by atoms with Gasteiger partial charge in [-0.05, 0) is 31.3 Å². The first-order valence-corrected chi connectivity index (χ1v) is 6.32. The number of hydrogen-bond acceptors (Lipinski definition) is 4. The van der Waals surface area contributed by atoms with Crippen LogP contribution in [-0.2, 0) is 11.3 Å². The molecule has 0 bridgehead atoms. The zero-order valence-electron chi connectivity index (χ0n) is 10.7. The lowest BCUT2D eigenvalue weighted by Gasteiger charge is -2.11. The van der Waals surface area contributed by atoms with Gasteiger partial charge in [-0.3, -0.25) is 4.98 Å². The summed E-state index contributed by atoms with van der Waals surface area (Å²) in [5, 5.41) is 6.58. The molecule has 1 heterocycles. The van der Waals surface area contributed by atoms with E-state index in [1.165, 1.54) is 0 Å². The van der Waals surface area contributed by atoms with Crippen LogP contribution < -0.4 is 16.4 Å². The third kappa shape index (κ3) is 5.82. The van der Waals surface area contributed by atoms with Gasteiger partial charge in [0.1, 0.15) is 6.23 Å². The zero-order valence-corrected chi connectivity index (χ0v) is 12.3. The number of aliphatic imine (C=N–C) groups is 1. The first kappa shape index (κ1) is 15.6. The minimum atomic E-state index is -0.333. The molecule has 1 rings (SSSR count). The predicted octanol–water partition coefficient (Wildman–Crippen LogP) is 1.01. The van der Waals surface area contributed by atoms with Gasteiger partial charge in [-0.1, -0.05) is 11.6 Å². The molecule has 0 saturated heterocycles. The largest absolute Gasteiger partial charge is 0.370 e. The molecule has 1 aromatic rings. The van der Waals surface area contributed by atoms with Crippen molar-refractivity contribution in [2.45, 2.75) is 19.7 Å². The lowest BCUT2D eigenvalue weighted by molar-refractivity contribution is 0.126. The number of thiocarbonyl (C=S) groups is 1. The second-order valence-electron chi connectivity index (χ2n) is 3.59. The summed E-state index contributed by atoms with van der Waals surface area (Å²) in [6.45, 7) is 2.16. The Kier molecular flexibility index (Phi) is 6.48. The average Bonchev–Trinajstić information content (AvgIpc) is 2.37. The van der Waals surface area contributed by atoms with Crippen molar-refractivity contribution < 1.29 is 4.74 Å². The summed E-state index contributed by atoms with van der Waals surface area (Å²) in [6.07, 6.45) is 1.33. The van der Waals surface area contributed by atoms with Gasteiger partial charge in [0.05, 0.1) is 17.3 Å². The fourth-order valence-corrected chi connectivity index (χ4v) is 1.52. The Bertz CT molecular complexity index is 468. The summed E-state index contributed by atoms with van der Waals surface area (Å²) in [5.41, 5.74) is 6.34. The van der Waals surface area contributed by atoms with Crippen molar-refractivity contribution in [2.75, 3.05) is 7.11 Å². The lowest BCUT2D eigenvalue weighted by Crippen LogP contribution is -2.43. The van der Waals surface area contributed by atoms with Crippen LogP contribution in [0.25, 0.3) is 0 Å². The van der Waals surface area contributed by atoms with E-state index in [-0.39, 0.29) is 12.2 Å². The molecule has 19 heavy (non-hydrogen) atoms. The molecule has 0 aliphatic heterocycles. The smallest absolute Gasteiger partial charge is 0.197 e. The van der Waals surface area contributed by atoms with Gasteiger partial charge < -0.3 is 21.1 Å². The molecule has 104 valence electrons. The van der Waals surface area contributed by atoms with Gasteiger partial charge in [0.2, 0.25) is 0 Å². The standard InChI is InChI=1S/C11H16ClN5OS/c1-7(18-2)16-10(13)17-11(19)15-6-9-8(12)4-3-5-14-9/h3-5,7H,6H2,1-2H3,(H4,13,15,16,17,19). The Morgan fingerprint density at radius 3 is 3.05 bits per heavy atom. The first-order chi connectivity index (χ1) is 9.02. The molecule has 0 amide bonds. The van der Waals surface area contributed by atoms with E-state index in [2.05, 4.69) is 20.6 Å². The van der Waals surface area contributed by atoms with Crippen molar-refractivity contribution in [1.29, 1.82) is 0 Å². The van der Waals surface area contributed by atoms with Crippen LogP contribution >= 0.6 is 23.8 Å². The van der Waals surface area contributed by atoms with Crippen molar-refractivity contribution in [3.8, 4) is 0 Å². The third-order valence-electron chi connectivity index (χ3n) is 2.15. The van der Waals surface area contributed by atoms with Crippen molar-refractivity contribution in [1.82, 2.24) is 15.6 Å². The van der Waals surface area contributed by atoms with E-state index < -0.39 is 0 Å². The molecule has 0 aliphatic carbocycles. The van der Waals surface area contributed by atoms with E-state index in [1.54, 1.807) is 32.4 Å². The minimum Gasteiger partial charge on any atom is -0.370 e. The SMILES string of the molecule is COC(C)/N=C(\N)NC(=S)NCc1ncccc1Cl. The fraction of sp³-hybridized carbons (Fsp3) is 0.364. The normalized spacial score (nSPS) is 12.9. The Labute approximate surface area is 122 Å². The number of rotatable bonds is 4. The summed E-state index contributed by atoms with van der Waals surface area (Å²) in [6, 6.07) is 3.53. The summed E-state index contributed by atoms with van der Waals surface area (Å²) in [4.78, 5) is 8.13. The molecule has 0 radical (unpaired) electrons. The number of methoxy groups -OCH3 is 1. The molecule has 4 N–H and O–H groups in total. The van der Waals surface area contributed by atoms with Crippen LogP contribution in [-0.4, -0.2) is 29.4 Å². The molecule has 1 aromatic heterocycles. The molecule has 1 atom stereocenters. The van der Waals surface area contributed by atoms with Crippen LogP contribution in [0, 0.1) is 0 Å². The van der Waals surface area contributed by atoms with Crippen LogP contribution in [0.3, 0.4) is 0 Å². The molecule has 0 aromatic carbocycles. The van der Waals surface area contributed by atoms with E-state index >= 15 is 0 Å². The Hall–Kier alpha value is -1.44. The highest BCUT2D eigenvalue weighted by Gasteiger charge is 2.03.